The van der Waals surface area contributed by atoms with Crippen molar-refractivity contribution in [1.82, 2.24) is 4.90 Å². The number of nitrogens with zero attached hydrogens (tertiary/aromatic N) is 2. The lowest BCUT2D eigenvalue weighted by atomic mass is 10.3. The first kappa shape index (κ1) is 16.1. The molecule has 0 aliphatic carbocycles. The molecule has 0 saturated carbocycles. The number of hydrogen-bond acceptors (Lipinski definition) is 3. The molecule has 0 aromatic heterocycles. The molecule has 0 radical (unpaired) electrons. The number of carbonyl (C=O) groups is 1. The predicted molar refractivity (Wildman–Crippen MR) is 79.1 cm³/mol. The summed E-state index contributed by atoms with van der Waals surface area (Å²) in [6.07, 6.45) is 1.20. The van der Waals surface area contributed by atoms with Crippen molar-refractivity contribution in [3.63, 3.8) is 0 Å². The lowest BCUT2D eigenvalue weighted by Gasteiger charge is -2.17. The Balaban J connectivity index is 2.62. The fourth-order valence-electron chi connectivity index (χ4n) is 1.45. The maximum absolute atomic E-state index is 11.8. The highest BCUT2D eigenvalue weighted by atomic mass is 35.5. The number of nitrogens with one attached hydrogen (secondary N) is 1. The van der Waals surface area contributed by atoms with E-state index < -0.39 is 0 Å². The summed E-state index contributed by atoms with van der Waals surface area (Å²) in [4.78, 5) is 13.3. The van der Waals surface area contributed by atoms with Crippen LogP contribution in [-0.4, -0.2) is 31.1 Å². The lowest BCUT2D eigenvalue weighted by Crippen LogP contribution is -2.31. The van der Waals surface area contributed by atoms with Crippen LogP contribution in [-0.2, 0) is 0 Å². The fourth-order valence-corrected chi connectivity index (χ4v) is 1.68. The first-order chi connectivity index (χ1) is 9.58. The molecule has 0 aliphatic heterocycles. The summed E-state index contributed by atoms with van der Waals surface area (Å²) in [6, 6.07) is 6.81. The molecule has 1 rings (SSSR count). The molecule has 108 valence electrons. The molecule has 0 spiro atoms. The van der Waals surface area contributed by atoms with Crippen LogP contribution in [0.3, 0.4) is 0 Å². The summed E-state index contributed by atoms with van der Waals surface area (Å²) < 4.78 is 5.46. The number of carbonyl (C=O) groups excluding carboxylic acids is 1. The van der Waals surface area contributed by atoms with Crippen molar-refractivity contribution < 1.29 is 9.53 Å². The molecule has 0 unspecified atom stereocenters. The van der Waals surface area contributed by atoms with Crippen molar-refractivity contribution in [2.45, 2.75) is 19.8 Å². The van der Waals surface area contributed by atoms with Crippen LogP contribution in [0.2, 0.25) is 5.02 Å². The minimum Gasteiger partial charge on any atom is -0.492 e. The van der Waals surface area contributed by atoms with Gasteiger partial charge in [0, 0.05) is 19.3 Å². The molecule has 0 heterocycles. The van der Waals surface area contributed by atoms with Crippen molar-refractivity contribution in [3.05, 3.63) is 23.2 Å². The second kappa shape index (κ2) is 8.28. The molecule has 0 bridgehead atoms. The van der Waals surface area contributed by atoms with Gasteiger partial charge in [0.25, 0.3) is 0 Å². The van der Waals surface area contributed by atoms with Crippen LogP contribution in [0, 0.1) is 11.3 Å². The molecule has 0 fully saturated rings. The molecule has 5 nitrogen and oxygen atoms in total. The van der Waals surface area contributed by atoms with Gasteiger partial charge in [0.05, 0.1) is 24.1 Å². The predicted octanol–water partition coefficient (Wildman–Crippen LogP) is 3.51. The maximum Gasteiger partial charge on any atom is 0.321 e. The highest BCUT2D eigenvalue weighted by molar-refractivity contribution is 6.32. The zero-order valence-electron chi connectivity index (χ0n) is 11.6. The van der Waals surface area contributed by atoms with Gasteiger partial charge in [-0.05, 0) is 24.6 Å². The zero-order chi connectivity index (χ0) is 15.0. The molecule has 0 aliphatic rings. The third kappa shape index (κ3) is 4.98. The van der Waals surface area contributed by atoms with Crippen LogP contribution in [0.5, 0.6) is 5.75 Å². The number of rotatable bonds is 6. The van der Waals surface area contributed by atoms with Crippen LogP contribution in [0.15, 0.2) is 18.2 Å². The van der Waals surface area contributed by atoms with E-state index in [4.69, 9.17) is 21.6 Å². The Kier molecular flexibility index (Phi) is 6.68. The van der Waals surface area contributed by atoms with Crippen LogP contribution in [0.4, 0.5) is 10.5 Å². The molecule has 20 heavy (non-hydrogen) atoms. The topological polar surface area (TPSA) is 65.4 Å². The van der Waals surface area contributed by atoms with Gasteiger partial charge in [0.15, 0.2) is 0 Å². The van der Waals surface area contributed by atoms with Crippen molar-refractivity contribution in [1.29, 1.82) is 5.26 Å². The zero-order valence-corrected chi connectivity index (χ0v) is 12.4. The van der Waals surface area contributed by atoms with Crippen molar-refractivity contribution >= 4 is 23.3 Å². The second-order valence-electron chi connectivity index (χ2n) is 4.25. The molecule has 1 aromatic carbocycles. The molecule has 6 heteroatoms. The van der Waals surface area contributed by atoms with Crippen LogP contribution >= 0.6 is 11.6 Å². The SMILES string of the molecule is CCCOc1ccc(NC(=O)N(C)CCC#N)cc1Cl. The van der Waals surface area contributed by atoms with Crippen LogP contribution in [0.1, 0.15) is 19.8 Å². The van der Waals surface area contributed by atoms with Crippen LogP contribution in [0.25, 0.3) is 0 Å². The number of halogens is 1. The number of nitriles is 1. The van der Waals surface area contributed by atoms with Gasteiger partial charge in [-0.1, -0.05) is 18.5 Å². The Morgan fingerprint density at radius 3 is 2.90 bits per heavy atom. The number of urea groups is 1. The smallest absolute Gasteiger partial charge is 0.321 e. The summed E-state index contributed by atoms with van der Waals surface area (Å²) in [5.74, 6) is 0.601. The quantitative estimate of drug-likeness (QED) is 0.873. The Morgan fingerprint density at radius 2 is 2.30 bits per heavy atom. The first-order valence-electron chi connectivity index (χ1n) is 6.40. The molecule has 1 N–H and O–H groups in total. The summed E-state index contributed by atoms with van der Waals surface area (Å²) in [5, 5.41) is 11.7. The van der Waals surface area contributed by atoms with E-state index in [1.165, 1.54) is 4.90 Å². The number of hydrogen-bond donors (Lipinski definition) is 1. The lowest BCUT2D eigenvalue weighted by molar-refractivity contribution is 0.223. The van der Waals surface area contributed by atoms with E-state index in [1.807, 2.05) is 13.0 Å². The Morgan fingerprint density at radius 1 is 1.55 bits per heavy atom. The van der Waals surface area contributed by atoms with E-state index in [0.29, 0.717) is 36.0 Å². The molecular formula is C14H18ClN3O2. The highest BCUT2D eigenvalue weighted by Gasteiger charge is 2.09. The van der Waals surface area contributed by atoms with E-state index >= 15 is 0 Å². The Labute approximate surface area is 124 Å². The van der Waals surface area contributed by atoms with Gasteiger partial charge in [-0.2, -0.15) is 5.26 Å². The average Bonchev–Trinajstić information content (AvgIpc) is 2.43. The maximum atomic E-state index is 11.8. The van der Waals surface area contributed by atoms with Crippen LogP contribution < -0.4 is 10.1 Å². The van der Waals surface area contributed by atoms with E-state index in [1.54, 1.807) is 25.2 Å². The van der Waals surface area contributed by atoms with E-state index in [2.05, 4.69) is 5.32 Å². The first-order valence-corrected chi connectivity index (χ1v) is 6.77. The third-order valence-corrected chi connectivity index (χ3v) is 2.85. The van der Waals surface area contributed by atoms with E-state index in [9.17, 15) is 4.79 Å². The van der Waals surface area contributed by atoms with Gasteiger partial charge in [-0.15, -0.1) is 0 Å². The molecule has 2 amide bonds. The highest BCUT2D eigenvalue weighted by Crippen LogP contribution is 2.27. The van der Waals surface area contributed by atoms with E-state index in [0.717, 1.165) is 6.42 Å². The molecule has 1 aromatic rings. The number of anilines is 1. The average molecular weight is 296 g/mol. The van der Waals surface area contributed by atoms with Gasteiger partial charge in [-0.25, -0.2) is 4.79 Å². The fraction of sp³-hybridized carbons (Fsp3) is 0.429. The van der Waals surface area contributed by atoms with Crippen molar-refractivity contribution in [2.24, 2.45) is 0 Å². The minimum atomic E-state index is -0.279. The molecule has 0 atom stereocenters. The standard InChI is InChI=1S/C14H18ClN3O2/c1-3-9-20-13-6-5-11(10-12(13)15)17-14(19)18(2)8-4-7-16/h5-6,10H,3-4,8-9H2,1-2H3,(H,17,19). The summed E-state index contributed by atoms with van der Waals surface area (Å²) in [5.41, 5.74) is 0.590. The van der Waals surface area contributed by atoms with Gasteiger partial charge in [0.2, 0.25) is 0 Å². The number of amides is 2. The Bertz CT molecular complexity index is 500. The normalized spacial score (nSPS) is 9.70. The molecular weight excluding hydrogens is 278 g/mol. The summed E-state index contributed by atoms with van der Waals surface area (Å²) >= 11 is 6.08. The number of benzene rings is 1. The Hall–Kier alpha value is -1.93. The summed E-state index contributed by atoms with van der Waals surface area (Å²) in [7, 11) is 1.63. The number of ether oxygens (including phenoxy) is 1. The third-order valence-electron chi connectivity index (χ3n) is 2.55. The van der Waals surface area contributed by atoms with Gasteiger partial charge >= 0.3 is 6.03 Å². The van der Waals surface area contributed by atoms with Gasteiger partial charge in [0.1, 0.15) is 5.75 Å². The second-order valence-corrected chi connectivity index (χ2v) is 4.66. The van der Waals surface area contributed by atoms with Crippen molar-refractivity contribution in [2.75, 3.05) is 25.5 Å². The van der Waals surface area contributed by atoms with Crippen molar-refractivity contribution in [3.8, 4) is 11.8 Å². The van der Waals surface area contributed by atoms with E-state index in [-0.39, 0.29) is 6.03 Å². The minimum absolute atomic E-state index is 0.279. The molecule has 0 saturated heterocycles. The largest absolute Gasteiger partial charge is 0.492 e. The van der Waals surface area contributed by atoms with Gasteiger partial charge < -0.3 is 15.0 Å². The summed E-state index contributed by atoms with van der Waals surface area (Å²) in [6.45, 7) is 3.00. The monoisotopic (exact) mass is 295 g/mol. The van der Waals surface area contributed by atoms with Gasteiger partial charge in [-0.3, -0.25) is 0 Å².